The highest BCUT2D eigenvalue weighted by Crippen LogP contribution is 2.30. The van der Waals surface area contributed by atoms with E-state index in [1.807, 2.05) is 22.8 Å². The first kappa shape index (κ1) is 23.0. The Morgan fingerprint density at radius 3 is 2.39 bits per heavy atom. The maximum Gasteiger partial charge on any atom is 0.324 e. The molecule has 0 aliphatic carbocycles. The van der Waals surface area contributed by atoms with E-state index in [4.69, 9.17) is 0 Å². The molecule has 1 fully saturated rings. The summed E-state index contributed by atoms with van der Waals surface area (Å²) in [7, 11) is 0. The summed E-state index contributed by atoms with van der Waals surface area (Å²) in [6.07, 6.45) is 0. The Labute approximate surface area is 198 Å². The van der Waals surface area contributed by atoms with E-state index in [-0.39, 0.29) is 17.4 Å². The van der Waals surface area contributed by atoms with Crippen molar-refractivity contribution in [2.75, 3.05) is 13.1 Å². The number of hydrogen-bond acceptors (Lipinski definition) is 5. The van der Waals surface area contributed by atoms with E-state index in [9.17, 15) is 9.59 Å². The van der Waals surface area contributed by atoms with E-state index < -0.39 is 5.25 Å². The van der Waals surface area contributed by atoms with Gasteiger partial charge in [-0.3, -0.25) is 14.3 Å². The van der Waals surface area contributed by atoms with Gasteiger partial charge in [-0.25, -0.2) is 4.79 Å². The van der Waals surface area contributed by atoms with Crippen molar-refractivity contribution < 1.29 is 9.59 Å². The molecule has 0 radical (unpaired) electrons. The average Bonchev–Trinajstić information content (AvgIpc) is 3.39. The highest BCUT2D eigenvalue weighted by Gasteiger charge is 2.31. The molecule has 33 heavy (non-hydrogen) atoms. The van der Waals surface area contributed by atoms with Crippen molar-refractivity contribution in [3.05, 3.63) is 65.7 Å². The first-order chi connectivity index (χ1) is 15.7. The van der Waals surface area contributed by atoms with Crippen molar-refractivity contribution >= 4 is 23.7 Å². The summed E-state index contributed by atoms with van der Waals surface area (Å²) in [6, 6.07) is 18.2. The quantitative estimate of drug-likeness (QED) is 0.551. The Kier molecular flexibility index (Phi) is 6.56. The minimum absolute atomic E-state index is 0.0644. The van der Waals surface area contributed by atoms with Gasteiger partial charge >= 0.3 is 6.03 Å². The van der Waals surface area contributed by atoms with Gasteiger partial charge in [0.05, 0.1) is 11.8 Å². The molecule has 1 aromatic heterocycles. The van der Waals surface area contributed by atoms with E-state index in [1.165, 1.54) is 22.2 Å². The van der Waals surface area contributed by atoms with Gasteiger partial charge in [-0.15, -0.1) is 10.2 Å². The highest BCUT2D eigenvalue weighted by molar-refractivity contribution is 8.00. The molecule has 2 aromatic carbocycles. The summed E-state index contributed by atoms with van der Waals surface area (Å²) in [5.74, 6) is 0.528. The molecule has 1 aliphatic rings. The zero-order chi connectivity index (χ0) is 23.6. The molecule has 1 N–H and O–H groups in total. The standard InChI is InChI=1S/C25H29N5O2S/c1-17(22(31)29-15-14-26-23(29)32)33-24-28-27-21(30(24)16-18-8-6-5-7-9-18)19-10-12-20(13-11-19)25(2,3)4/h5-13,17H,14-16H2,1-4H3,(H,26,32). The van der Waals surface area contributed by atoms with Crippen LogP contribution in [0.4, 0.5) is 4.79 Å². The number of benzene rings is 2. The van der Waals surface area contributed by atoms with Gasteiger partial charge in [-0.2, -0.15) is 0 Å². The van der Waals surface area contributed by atoms with Gasteiger partial charge in [-0.1, -0.05) is 87.1 Å². The molecule has 7 nitrogen and oxygen atoms in total. The lowest BCUT2D eigenvalue weighted by Gasteiger charge is -2.19. The molecular formula is C25H29N5O2S. The lowest BCUT2D eigenvalue weighted by atomic mass is 9.87. The molecule has 0 bridgehead atoms. The number of rotatable bonds is 6. The molecule has 1 aliphatic heterocycles. The van der Waals surface area contributed by atoms with Crippen molar-refractivity contribution in [2.24, 2.45) is 0 Å². The van der Waals surface area contributed by atoms with Crippen LogP contribution in [0.15, 0.2) is 59.8 Å². The number of thioether (sulfide) groups is 1. The molecule has 1 unspecified atom stereocenters. The molecule has 8 heteroatoms. The monoisotopic (exact) mass is 463 g/mol. The van der Waals surface area contributed by atoms with Crippen LogP contribution in [-0.4, -0.2) is 49.9 Å². The minimum atomic E-state index is -0.469. The van der Waals surface area contributed by atoms with E-state index in [0.29, 0.717) is 24.8 Å². The molecule has 2 heterocycles. The van der Waals surface area contributed by atoms with Gasteiger partial charge in [0.25, 0.3) is 0 Å². The molecule has 1 atom stereocenters. The highest BCUT2D eigenvalue weighted by atomic mass is 32.2. The number of carbonyl (C=O) groups excluding carboxylic acids is 2. The smallest absolute Gasteiger partial charge is 0.324 e. The lowest BCUT2D eigenvalue weighted by Crippen LogP contribution is -2.39. The number of nitrogens with zero attached hydrogens (tertiary/aromatic N) is 4. The third-order valence-corrected chi connectivity index (χ3v) is 6.73. The van der Waals surface area contributed by atoms with E-state index >= 15 is 0 Å². The summed E-state index contributed by atoms with van der Waals surface area (Å²) < 4.78 is 2.04. The lowest BCUT2D eigenvalue weighted by molar-refractivity contribution is -0.126. The predicted octanol–water partition coefficient (Wildman–Crippen LogP) is 4.32. The van der Waals surface area contributed by atoms with Crippen molar-refractivity contribution in [3.63, 3.8) is 0 Å². The number of hydrogen-bond donors (Lipinski definition) is 1. The van der Waals surface area contributed by atoms with E-state index in [1.54, 1.807) is 6.92 Å². The Morgan fingerprint density at radius 2 is 1.79 bits per heavy atom. The summed E-state index contributed by atoms with van der Waals surface area (Å²) >= 11 is 1.33. The third kappa shape index (κ3) is 5.11. The Morgan fingerprint density at radius 1 is 1.09 bits per heavy atom. The molecule has 172 valence electrons. The summed E-state index contributed by atoms with van der Waals surface area (Å²) in [4.78, 5) is 26.0. The van der Waals surface area contributed by atoms with Crippen LogP contribution in [0, 0.1) is 0 Å². The third-order valence-electron chi connectivity index (χ3n) is 5.66. The molecular weight excluding hydrogens is 434 g/mol. The number of urea groups is 1. The van der Waals surface area contributed by atoms with Crippen LogP contribution >= 0.6 is 11.8 Å². The van der Waals surface area contributed by atoms with Crippen molar-refractivity contribution in [2.45, 2.75) is 50.1 Å². The number of carbonyl (C=O) groups is 2. The molecule has 0 saturated carbocycles. The first-order valence-corrected chi connectivity index (χ1v) is 12.0. The van der Waals surface area contributed by atoms with Gasteiger partial charge in [-0.05, 0) is 23.5 Å². The van der Waals surface area contributed by atoms with Crippen molar-refractivity contribution in [1.29, 1.82) is 0 Å². The molecule has 4 rings (SSSR count). The van der Waals surface area contributed by atoms with Gasteiger partial charge in [0.15, 0.2) is 11.0 Å². The molecule has 3 aromatic rings. The Bertz CT molecular complexity index is 1140. The van der Waals surface area contributed by atoms with Gasteiger partial charge in [0.2, 0.25) is 5.91 Å². The largest absolute Gasteiger partial charge is 0.336 e. The van der Waals surface area contributed by atoms with Gasteiger partial charge in [0.1, 0.15) is 0 Å². The topological polar surface area (TPSA) is 80.1 Å². The van der Waals surface area contributed by atoms with Crippen LogP contribution in [0.25, 0.3) is 11.4 Å². The summed E-state index contributed by atoms with van der Waals surface area (Å²) in [6.45, 7) is 9.83. The fourth-order valence-corrected chi connectivity index (χ4v) is 4.64. The molecule has 3 amide bonds. The zero-order valence-corrected chi connectivity index (χ0v) is 20.2. The molecule has 1 saturated heterocycles. The number of imide groups is 1. The minimum Gasteiger partial charge on any atom is -0.336 e. The summed E-state index contributed by atoms with van der Waals surface area (Å²) in [5, 5.41) is 11.8. The van der Waals surface area contributed by atoms with E-state index in [2.05, 4.69) is 72.7 Å². The van der Waals surface area contributed by atoms with Crippen LogP contribution in [0.1, 0.15) is 38.8 Å². The maximum atomic E-state index is 12.8. The van der Waals surface area contributed by atoms with Crippen molar-refractivity contribution in [1.82, 2.24) is 25.0 Å². The van der Waals surface area contributed by atoms with Gasteiger partial charge in [0, 0.05) is 18.7 Å². The number of nitrogens with one attached hydrogen (secondary N) is 1. The van der Waals surface area contributed by atoms with E-state index in [0.717, 1.165) is 17.0 Å². The van der Waals surface area contributed by atoms with Crippen molar-refractivity contribution in [3.8, 4) is 11.4 Å². The first-order valence-electron chi connectivity index (χ1n) is 11.1. The van der Waals surface area contributed by atoms with Crippen LogP contribution in [0.2, 0.25) is 0 Å². The maximum absolute atomic E-state index is 12.8. The second kappa shape index (κ2) is 9.39. The van der Waals surface area contributed by atoms with Crippen LogP contribution in [0.5, 0.6) is 0 Å². The fourth-order valence-electron chi connectivity index (χ4n) is 3.73. The summed E-state index contributed by atoms with van der Waals surface area (Å²) in [5.41, 5.74) is 3.40. The molecule has 0 spiro atoms. The van der Waals surface area contributed by atoms with Gasteiger partial charge < -0.3 is 5.32 Å². The fraction of sp³-hybridized carbons (Fsp3) is 0.360. The second-order valence-electron chi connectivity index (χ2n) is 9.19. The SMILES string of the molecule is CC(Sc1nnc(-c2ccc(C(C)(C)C)cc2)n1Cc1ccccc1)C(=O)N1CCNC1=O. The number of amides is 3. The predicted molar refractivity (Wildman–Crippen MR) is 130 cm³/mol. The zero-order valence-electron chi connectivity index (χ0n) is 19.4. The van der Waals surface area contributed by atoms with Crippen LogP contribution < -0.4 is 5.32 Å². The number of aromatic nitrogens is 3. The Balaban J connectivity index is 1.65. The Hall–Kier alpha value is -3.13. The second-order valence-corrected chi connectivity index (χ2v) is 10.5. The van der Waals surface area contributed by atoms with Crippen LogP contribution in [-0.2, 0) is 16.8 Å². The normalized spacial score (nSPS) is 14.9. The average molecular weight is 464 g/mol. The van der Waals surface area contributed by atoms with Crippen LogP contribution in [0.3, 0.4) is 0 Å².